The van der Waals surface area contributed by atoms with Crippen molar-refractivity contribution in [1.29, 1.82) is 0 Å². The predicted octanol–water partition coefficient (Wildman–Crippen LogP) is 4.33. The van der Waals surface area contributed by atoms with Crippen molar-refractivity contribution in [2.75, 3.05) is 11.9 Å². The zero-order valence-electron chi connectivity index (χ0n) is 16.9. The Bertz CT molecular complexity index is 994. The molecule has 30 heavy (non-hydrogen) atoms. The standard InChI is InChI=1S/C23H24N4O3/c1-3-30-22(28)13-6-18-4-9-20(10-5-18)26-23(29)25-17(2)19-7-11-21(12-8-19)27-15-14-24-16-27/h4-17H,3H2,1-2H3,(H2,25,26,29)/b13-6+/t17-/m1/s1. The summed E-state index contributed by atoms with van der Waals surface area (Å²) in [6.07, 6.45) is 8.38. The van der Waals surface area contributed by atoms with Gasteiger partial charge in [-0.15, -0.1) is 0 Å². The van der Waals surface area contributed by atoms with Gasteiger partial charge in [0.2, 0.25) is 0 Å². The van der Waals surface area contributed by atoms with Crippen LogP contribution in [0.2, 0.25) is 0 Å². The largest absolute Gasteiger partial charge is 0.463 e. The van der Waals surface area contributed by atoms with Crippen molar-refractivity contribution in [3.8, 4) is 5.69 Å². The highest BCUT2D eigenvalue weighted by Gasteiger charge is 2.10. The van der Waals surface area contributed by atoms with E-state index in [2.05, 4.69) is 15.6 Å². The van der Waals surface area contributed by atoms with E-state index in [1.165, 1.54) is 6.08 Å². The number of hydrogen-bond donors (Lipinski definition) is 2. The van der Waals surface area contributed by atoms with Gasteiger partial charge in [-0.3, -0.25) is 0 Å². The second kappa shape index (κ2) is 10.1. The molecular weight excluding hydrogens is 380 g/mol. The minimum Gasteiger partial charge on any atom is -0.463 e. The first-order valence-electron chi connectivity index (χ1n) is 9.66. The van der Waals surface area contributed by atoms with Crippen molar-refractivity contribution in [2.24, 2.45) is 0 Å². The van der Waals surface area contributed by atoms with Crippen LogP contribution in [0.25, 0.3) is 11.8 Å². The monoisotopic (exact) mass is 404 g/mol. The van der Waals surface area contributed by atoms with E-state index in [-0.39, 0.29) is 18.0 Å². The van der Waals surface area contributed by atoms with Crippen LogP contribution in [0.4, 0.5) is 10.5 Å². The molecule has 0 saturated carbocycles. The number of nitrogens with zero attached hydrogens (tertiary/aromatic N) is 2. The lowest BCUT2D eigenvalue weighted by molar-refractivity contribution is -0.137. The molecule has 0 fully saturated rings. The second-order valence-electron chi connectivity index (χ2n) is 6.59. The van der Waals surface area contributed by atoms with Crippen molar-refractivity contribution in [2.45, 2.75) is 19.9 Å². The first kappa shape index (κ1) is 20.9. The van der Waals surface area contributed by atoms with Gasteiger partial charge in [-0.25, -0.2) is 14.6 Å². The minimum absolute atomic E-state index is 0.159. The number of anilines is 1. The summed E-state index contributed by atoms with van der Waals surface area (Å²) in [6, 6.07) is 14.6. The van der Waals surface area contributed by atoms with E-state index in [4.69, 9.17) is 4.74 Å². The van der Waals surface area contributed by atoms with Crippen LogP contribution in [0.15, 0.2) is 73.3 Å². The summed E-state index contributed by atoms with van der Waals surface area (Å²) >= 11 is 0. The molecule has 0 bridgehead atoms. The van der Waals surface area contributed by atoms with Crippen LogP contribution < -0.4 is 10.6 Å². The number of hydrogen-bond acceptors (Lipinski definition) is 4. The molecular formula is C23H24N4O3. The predicted molar refractivity (Wildman–Crippen MR) is 116 cm³/mol. The van der Waals surface area contributed by atoms with Gasteiger partial charge >= 0.3 is 12.0 Å². The molecule has 154 valence electrons. The Hall–Kier alpha value is -3.87. The number of aromatic nitrogens is 2. The van der Waals surface area contributed by atoms with Crippen molar-refractivity contribution in [3.05, 3.63) is 84.5 Å². The van der Waals surface area contributed by atoms with Gasteiger partial charge in [0, 0.05) is 29.8 Å². The zero-order chi connectivity index (χ0) is 21.3. The molecule has 7 heteroatoms. The van der Waals surface area contributed by atoms with Crippen LogP contribution in [-0.4, -0.2) is 28.2 Å². The smallest absolute Gasteiger partial charge is 0.330 e. The Balaban J connectivity index is 1.53. The molecule has 7 nitrogen and oxygen atoms in total. The van der Waals surface area contributed by atoms with Crippen molar-refractivity contribution < 1.29 is 14.3 Å². The molecule has 0 unspecified atom stereocenters. The summed E-state index contributed by atoms with van der Waals surface area (Å²) in [5.41, 5.74) is 3.49. The van der Waals surface area contributed by atoms with Crippen LogP contribution in [-0.2, 0) is 9.53 Å². The molecule has 0 aliphatic carbocycles. The van der Waals surface area contributed by atoms with Crippen LogP contribution in [0.5, 0.6) is 0 Å². The van der Waals surface area contributed by atoms with Crippen molar-refractivity contribution >= 4 is 23.8 Å². The highest BCUT2D eigenvalue weighted by atomic mass is 16.5. The molecule has 2 aromatic carbocycles. The van der Waals surface area contributed by atoms with E-state index >= 15 is 0 Å². The lowest BCUT2D eigenvalue weighted by atomic mass is 10.1. The van der Waals surface area contributed by atoms with Gasteiger partial charge in [-0.1, -0.05) is 24.3 Å². The van der Waals surface area contributed by atoms with E-state index in [1.807, 2.05) is 54.1 Å². The average molecular weight is 404 g/mol. The SMILES string of the molecule is CCOC(=O)/C=C/c1ccc(NC(=O)N[C@H](C)c2ccc(-n3ccnc3)cc2)cc1. The summed E-state index contributed by atoms with van der Waals surface area (Å²) in [7, 11) is 0. The van der Waals surface area contributed by atoms with E-state index < -0.39 is 0 Å². The number of imidazole rings is 1. The molecule has 3 rings (SSSR count). The van der Waals surface area contributed by atoms with Gasteiger partial charge in [0.15, 0.2) is 0 Å². The van der Waals surface area contributed by atoms with E-state index in [0.717, 1.165) is 16.8 Å². The third kappa shape index (κ3) is 5.81. The van der Waals surface area contributed by atoms with E-state index in [1.54, 1.807) is 37.7 Å². The van der Waals surface area contributed by atoms with Gasteiger partial charge in [0.1, 0.15) is 0 Å². The number of nitrogens with one attached hydrogen (secondary N) is 2. The average Bonchev–Trinajstić information content (AvgIpc) is 3.28. The molecule has 0 spiro atoms. The molecule has 1 aromatic heterocycles. The fourth-order valence-corrected chi connectivity index (χ4v) is 2.83. The number of amides is 2. The summed E-state index contributed by atoms with van der Waals surface area (Å²) in [5, 5.41) is 5.73. The lowest BCUT2D eigenvalue weighted by Gasteiger charge is -2.16. The Kier molecular flexibility index (Phi) is 7.00. The number of esters is 1. The normalized spacial score (nSPS) is 11.8. The summed E-state index contributed by atoms with van der Waals surface area (Å²) in [5.74, 6) is -0.383. The number of urea groups is 1. The maximum Gasteiger partial charge on any atom is 0.330 e. The van der Waals surface area contributed by atoms with Crippen LogP contribution in [0.3, 0.4) is 0 Å². The quantitative estimate of drug-likeness (QED) is 0.453. The highest BCUT2D eigenvalue weighted by molar-refractivity contribution is 5.90. The minimum atomic E-state index is -0.383. The van der Waals surface area contributed by atoms with E-state index in [9.17, 15) is 9.59 Å². The third-order valence-corrected chi connectivity index (χ3v) is 4.41. The Morgan fingerprint density at radius 1 is 1.13 bits per heavy atom. The Labute approximate surface area is 175 Å². The Morgan fingerprint density at radius 3 is 2.50 bits per heavy atom. The van der Waals surface area contributed by atoms with Crippen LogP contribution in [0, 0.1) is 0 Å². The molecule has 2 N–H and O–H groups in total. The number of carbonyl (C=O) groups is 2. The van der Waals surface area contributed by atoms with Crippen molar-refractivity contribution in [3.63, 3.8) is 0 Å². The highest BCUT2D eigenvalue weighted by Crippen LogP contribution is 2.16. The molecule has 1 atom stereocenters. The number of benzene rings is 2. The van der Waals surface area contributed by atoms with Gasteiger partial charge in [-0.2, -0.15) is 0 Å². The van der Waals surface area contributed by atoms with Gasteiger partial charge in [0.05, 0.1) is 19.0 Å². The molecule has 2 amide bonds. The number of carbonyl (C=O) groups excluding carboxylic acids is 2. The topological polar surface area (TPSA) is 85.2 Å². The number of rotatable bonds is 7. The maximum absolute atomic E-state index is 12.3. The van der Waals surface area contributed by atoms with Crippen molar-refractivity contribution in [1.82, 2.24) is 14.9 Å². The second-order valence-corrected chi connectivity index (χ2v) is 6.59. The molecule has 0 aliphatic rings. The summed E-state index contributed by atoms with van der Waals surface area (Å²) in [6.45, 7) is 4.03. The first-order chi connectivity index (χ1) is 14.5. The van der Waals surface area contributed by atoms with Gasteiger partial charge < -0.3 is 19.9 Å². The summed E-state index contributed by atoms with van der Waals surface area (Å²) in [4.78, 5) is 27.7. The first-order valence-corrected chi connectivity index (χ1v) is 9.66. The number of ether oxygens (including phenoxy) is 1. The van der Waals surface area contributed by atoms with Crippen LogP contribution >= 0.6 is 0 Å². The maximum atomic E-state index is 12.3. The van der Waals surface area contributed by atoms with Gasteiger partial charge in [-0.05, 0) is 55.3 Å². The lowest BCUT2D eigenvalue weighted by Crippen LogP contribution is -2.31. The zero-order valence-corrected chi connectivity index (χ0v) is 16.9. The molecule has 1 heterocycles. The van der Waals surface area contributed by atoms with Crippen LogP contribution in [0.1, 0.15) is 31.0 Å². The molecule has 3 aromatic rings. The Morgan fingerprint density at radius 2 is 1.87 bits per heavy atom. The molecule has 0 aliphatic heterocycles. The molecule has 0 saturated heterocycles. The van der Waals surface area contributed by atoms with E-state index in [0.29, 0.717) is 12.3 Å². The molecule has 0 radical (unpaired) electrons. The fourth-order valence-electron chi connectivity index (χ4n) is 2.83. The fraction of sp³-hybridized carbons (Fsp3) is 0.174. The van der Waals surface area contributed by atoms with Gasteiger partial charge in [0.25, 0.3) is 0 Å². The summed E-state index contributed by atoms with van der Waals surface area (Å²) < 4.78 is 6.76. The third-order valence-electron chi connectivity index (χ3n) is 4.41.